The molecule has 0 atom stereocenters. The lowest BCUT2D eigenvalue weighted by molar-refractivity contribution is -0.137. The zero-order valence-corrected chi connectivity index (χ0v) is 12.5. The second kappa shape index (κ2) is 7.49. The predicted octanol–water partition coefficient (Wildman–Crippen LogP) is 2.55. The summed E-state index contributed by atoms with van der Waals surface area (Å²) < 4.78 is 5.16. The van der Waals surface area contributed by atoms with E-state index in [1.54, 1.807) is 13.2 Å². The SMILES string of the molecule is COc1ccc2[nH]c(C(=O)NCCCCCC(=O)O)cc2c1. The molecule has 0 spiro atoms. The van der Waals surface area contributed by atoms with Crippen molar-refractivity contribution in [2.24, 2.45) is 0 Å². The lowest BCUT2D eigenvalue weighted by Crippen LogP contribution is -2.24. The minimum absolute atomic E-state index is 0.159. The first-order chi connectivity index (χ1) is 10.6. The second-order valence-electron chi connectivity index (χ2n) is 5.10. The summed E-state index contributed by atoms with van der Waals surface area (Å²) in [4.78, 5) is 25.5. The highest BCUT2D eigenvalue weighted by Crippen LogP contribution is 2.21. The van der Waals surface area contributed by atoms with Gasteiger partial charge in [0.25, 0.3) is 5.91 Å². The largest absolute Gasteiger partial charge is 0.497 e. The van der Waals surface area contributed by atoms with Crippen LogP contribution >= 0.6 is 0 Å². The van der Waals surface area contributed by atoms with Gasteiger partial charge in [0.05, 0.1) is 7.11 Å². The van der Waals surface area contributed by atoms with Gasteiger partial charge in [0.15, 0.2) is 0 Å². The van der Waals surface area contributed by atoms with Gasteiger partial charge in [-0.3, -0.25) is 9.59 Å². The number of H-pyrrole nitrogens is 1. The van der Waals surface area contributed by atoms with Gasteiger partial charge in [0.2, 0.25) is 0 Å². The van der Waals surface area contributed by atoms with E-state index in [9.17, 15) is 9.59 Å². The molecule has 0 aliphatic carbocycles. The number of hydrogen-bond acceptors (Lipinski definition) is 3. The number of aromatic amines is 1. The Morgan fingerprint density at radius 2 is 2.05 bits per heavy atom. The molecule has 0 bridgehead atoms. The maximum atomic E-state index is 12.0. The number of rotatable bonds is 8. The molecule has 3 N–H and O–H groups in total. The van der Waals surface area contributed by atoms with Crippen LogP contribution in [0.5, 0.6) is 5.75 Å². The number of hydrogen-bond donors (Lipinski definition) is 3. The molecule has 0 radical (unpaired) electrons. The van der Waals surface area contributed by atoms with Gasteiger partial charge in [0.1, 0.15) is 11.4 Å². The summed E-state index contributed by atoms with van der Waals surface area (Å²) in [5.74, 6) is -0.192. The van der Waals surface area contributed by atoms with Crippen LogP contribution in [0, 0.1) is 0 Å². The fourth-order valence-corrected chi connectivity index (χ4v) is 2.24. The molecule has 0 fully saturated rings. The van der Waals surface area contributed by atoms with E-state index in [1.807, 2.05) is 18.2 Å². The van der Waals surface area contributed by atoms with Crippen molar-refractivity contribution in [1.82, 2.24) is 10.3 Å². The zero-order valence-electron chi connectivity index (χ0n) is 12.5. The summed E-state index contributed by atoms with van der Waals surface area (Å²) in [5.41, 5.74) is 1.39. The summed E-state index contributed by atoms with van der Waals surface area (Å²) in [6.07, 6.45) is 2.37. The first-order valence-corrected chi connectivity index (χ1v) is 7.27. The molecule has 0 saturated heterocycles. The van der Waals surface area contributed by atoms with E-state index in [1.165, 1.54) is 0 Å². The number of aliphatic carboxylic acids is 1. The molecule has 22 heavy (non-hydrogen) atoms. The van der Waals surface area contributed by atoms with E-state index in [4.69, 9.17) is 9.84 Å². The summed E-state index contributed by atoms with van der Waals surface area (Å²) >= 11 is 0. The van der Waals surface area contributed by atoms with Crippen molar-refractivity contribution in [1.29, 1.82) is 0 Å². The zero-order chi connectivity index (χ0) is 15.9. The molecule has 6 heteroatoms. The Morgan fingerprint density at radius 1 is 1.23 bits per heavy atom. The molecule has 6 nitrogen and oxygen atoms in total. The second-order valence-corrected chi connectivity index (χ2v) is 5.10. The van der Waals surface area contributed by atoms with E-state index >= 15 is 0 Å². The van der Waals surface area contributed by atoms with E-state index in [2.05, 4.69) is 10.3 Å². The minimum Gasteiger partial charge on any atom is -0.497 e. The van der Waals surface area contributed by atoms with E-state index in [0.717, 1.165) is 29.5 Å². The number of benzene rings is 1. The van der Waals surface area contributed by atoms with Crippen LogP contribution in [-0.2, 0) is 4.79 Å². The smallest absolute Gasteiger partial charge is 0.303 e. The van der Waals surface area contributed by atoms with Crippen LogP contribution in [0.1, 0.15) is 36.2 Å². The van der Waals surface area contributed by atoms with Crippen LogP contribution in [0.25, 0.3) is 10.9 Å². The third-order valence-corrected chi connectivity index (χ3v) is 3.43. The highest BCUT2D eigenvalue weighted by molar-refractivity contribution is 5.98. The molecule has 2 rings (SSSR count). The lowest BCUT2D eigenvalue weighted by atomic mass is 10.2. The van der Waals surface area contributed by atoms with Crippen molar-refractivity contribution in [2.45, 2.75) is 25.7 Å². The molecular formula is C16H20N2O4. The summed E-state index contributed by atoms with van der Waals surface area (Å²) in [7, 11) is 1.60. The molecule has 0 aliphatic heterocycles. The van der Waals surface area contributed by atoms with Crippen LogP contribution in [0.4, 0.5) is 0 Å². The first-order valence-electron chi connectivity index (χ1n) is 7.27. The lowest BCUT2D eigenvalue weighted by Gasteiger charge is -2.03. The molecule has 1 heterocycles. The molecule has 0 saturated carbocycles. The Balaban J connectivity index is 1.83. The molecule has 1 aromatic carbocycles. The van der Waals surface area contributed by atoms with Crippen molar-refractivity contribution in [2.75, 3.05) is 13.7 Å². The first kappa shape index (κ1) is 15.9. The Morgan fingerprint density at radius 3 is 2.77 bits per heavy atom. The number of methoxy groups -OCH3 is 1. The molecule has 0 unspecified atom stereocenters. The van der Waals surface area contributed by atoms with Gasteiger partial charge >= 0.3 is 5.97 Å². The van der Waals surface area contributed by atoms with Gasteiger partial charge in [-0.15, -0.1) is 0 Å². The van der Waals surface area contributed by atoms with Gasteiger partial charge in [-0.25, -0.2) is 0 Å². The van der Waals surface area contributed by atoms with Crippen LogP contribution in [-0.4, -0.2) is 35.6 Å². The van der Waals surface area contributed by atoms with Gasteiger partial charge in [-0.05, 0) is 37.1 Å². The number of carboxylic acid groups (broad SMARTS) is 1. The number of unbranched alkanes of at least 4 members (excludes halogenated alkanes) is 2. The number of nitrogens with one attached hydrogen (secondary N) is 2. The highest BCUT2D eigenvalue weighted by Gasteiger charge is 2.09. The Labute approximate surface area is 128 Å². The van der Waals surface area contributed by atoms with Crippen LogP contribution in [0.2, 0.25) is 0 Å². The summed E-state index contributed by atoms with van der Waals surface area (Å²) in [6.45, 7) is 0.539. The van der Waals surface area contributed by atoms with Crippen molar-refractivity contribution in [3.05, 3.63) is 30.0 Å². The highest BCUT2D eigenvalue weighted by atomic mass is 16.5. The van der Waals surface area contributed by atoms with Gasteiger partial charge in [-0.2, -0.15) is 0 Å². The monoisotopic (exact) mass is 304 g/mol. The third kappa shape index (κ3) is 4.25. The van der Waals surface area contributed by atoms with Crippen LogP contribution in [0.3, 0.4) is 0 Å². The van der Waals surface area contributed by atoms with Crippen molar-refractivity contribution >= 4 is 22.8 Å². The van der Waals surface area contributed by atoms with Crippen LogP contribution in [0.15, 0.2) is 24.3 Å². The molecule has 1 aromatic heterocycles. The fraction of sp³-hybridized carbons (Fsp3) is 0.375. The standard InChI is InChI=1S/C16H20N2O4/c1-22-12-6-7-13-11(9-12)10-14(18-13)16(21)17-8-4-2-3-5-15(19)20/h6-7,9-10,18H,2-5,8H2,1H3,(H,17,21)(H,19,20). The van der Waals surface area contributed by atoms with Gasteiger partial charge in [-0.1, -0.05) is 6.42 Å². The minimum atomic E-state index is -0.780. The maximum Gasteiger partial charge on any atom is 0.303 e. The van der Waals surface area contributed by atoms with Crippen LogP contribution < -0.4 is 10.1 Å². The fourth-order valence-electron chi connectivity index (χ4n) is 2.24. The normalized spacial score (nSPS) is 10.6. The Kier molecular flexibility index (Phi) is 5.41. The van der Waals surface area contributed by atoms with E-state index < -0.39 is 5.97 Å². The Bertz CT molecular complexity index is 663. The average Bonchev–Trinajstić information content (AvgIpc) is 2.93. The molecule has 1 amide bonds. The van der Waals surface area contributed by atoms with Crippen molar-refractivity contribution in [3.63, 3.8) is 0 Å². The maximum absolute atomic E-state index is 12.0. The molecule has 118 valence electrons. The number of carbonyl (C=O) groups is 2. The number of aromatic nitrogens is 1. The Hall–Kier alpha value is -2.50. The van der Waals surface area contributed by atoms with Gasteiger partial charge in [0, 0.05) is 23.9 Å². The summed E-state index contributed by atoms with van der Waals surface area (Å²) in [5, 5.41) is 12.3. The van der Waals surface area contributed by atoms with E-state index in [-0.39, 0.29) is 12.3 Å². The summed E-state index contributed by atoms with van der Waals surface area (Å²) in [6, 6.07) is 7.37. The quantitative estimate of drug-likeness (QED) is 0.654. The number of carbonyl (C=O) groups excluding carboxylic acids is 1. The van der Waals surface area contributed by atoms with Gasteiger partial charge < -0.3 is 20.1 Å². The average molecular weight is 304 g/mol. The number of amides is 1. The van der Waals surface area contributed by atoms with Crippen molar-refractivity contribution < 1.29 is 19.4 Å². The molecule has 2 aromatic rings. The molecule has 0 aliphatic rings. The third-order valence-electron chi connectivity index (χ3n) is 3.43. The van der Waals surface area contributed by atoms with E-state index in [0.29, 0.717) is 18.7 Å². The number of ether oxygens (including phenoxy) is 1. The topological polar surface area (TPSA) is 91.4 Å². The molecular weight excluding hydrogens is 284 g/mol. The number of carboxylic acids is 1. The van der Waals surface area contributed by atoms with Crippen molar-refractivity contribution in [3.8, 4) is 5.75 Å². The predicted molar refractivity (Wildman–Crippen MR) is 83.3 cm³/mol. The number of fused-ring (bicyclic) bond motifs is 1.